The van der Waals surface area contributed by atoms with E-state index in [1.807, 2.05) is 73.7 Å². The lowest BCUT2D eigenvalue weighted by molar-refractivity contribution is -0.131. The van der Waals surface area contributed by atoms with E-state index in [0.29, 0.717) is 13.1 Å². The van der Waals surface area contributed by atoms with Gasteiger partial charge < -0.3 is 4.90 Å². The first-order chi connectivity index (χ1) is 15.5. The molecule has 32 heavy (non-hydrogen) atoms. The van der Waals surface area contributed by atoms with Crippen molar-refractivity contribution in [2.75, 3.05) is 13.6 Å². The summed E-state index contributed by atoms with van der Waals surface area (Å²) in [6, 6.07) is 29.4. The van der Waals surface area contributed by atoms with Crippen molar-refractivity contribution in [2.24, 2.45) is 0 Å². The minimum Gasteiger partial charge on any atom is -0.322 e. The molecule has 1 fully saturated rings. The maximum absolute atomic E-state index is 13.6. The number of nitrogens with zero attached hydrogens (tertiary/aromatic N) is 3. The normalized spacial score (nSPS) is 18.4. The Kier molecular flexibility index (Phi) is 6.66. The number of hydrogen-bond acceptors (Lipinski definition) is 3. The highest BCUT2D eigenvalue weighted by Gasteiger charge is 2.45. The van der Waals surface area contributed by atoms with Gasteiger partial charge in [0, 0.05) is 20.1 Å². The highest BCUT2D eigenvalue weighted by Crippen LogP contribution is 2.34. The average molecular weight is 428 g/mol. The van der Waals surface area contributed by atoms with E-state index in [9.17, 15) is 9.59 Å². The topological polar surface area (TPSA) is 43.9 Å². The number of carbonyl (C=O) groups excluding carboxylic acids is 2. The van der Waals surface area contributed by atoms with E-state index < -0.39 is 0 Å². The third-order valence-corrected chi connectivity index (χ3v) is 6.12. The fourth-order valence-electron chi connectivity index (χ4n) is 4.35. The van der Waals surface area contributed by atoms with E-state index in [0.717, 1.165) is 16.7 Å². The summed E-state index contributed by atoms with van der Waals surface area (Å²) in [4.78, 5) is 31.8. The van der Waals surface area contributed by atoms with Crippen LogP contribution < -0.4 is 0 Å². The molecule has 0 saturated carbocycles. The molecule has 1 aliphatic rings. The number of carbonyl (C=O) groups is 2. The lowest BCUT2D eigenvalue weighted by atomic mass is 10.0. The molecule has 0 aromatic heterocycles. The van der Waals surface area contributed by atoms with E-state index in [1.165, 1.54) is 4.90 Å². The van der Waals surface area contributed by atoms with E-state index in [-0.39, 0.29) is 30.6 Å². The standard InChI is InChI=1S/C27H29N3O2/c1-21-26(24-16-10-5-11-17-24)30(27(32)28(21)2)25(31)20-29(18-22-12-6-3-7-13-22)19-23-14-8-4-9-15-23/h3-17,21,26H,18-20H2,1-2H3/t21-,26-/m0/s1. The van der Waals surface area contributed by atoms with Crippen LogP contribution in [0.25, 0.3) is 0 Å². The van der Waals surface area contributed by atoms with Crippen LogP contribution >= 0.6 is 0 Å². The molecule has 0 bridgehead atoms. The minimum atomic E-state index is -0.295. The molecule has 1 aliphatic heterocycles. The van der Waals surface area contributed by atoms with Crippen LogP contribution in [-0.2, 0) is 17.9 Å². The highest BCUT2D eigenvalue weighted by molar-refractivity contribution is 5.97. The zero-order chi connectivity index (χ0) is 22.5. The predicted octanol–water partition coefficient (Wildman–Crippen LogP) is 4.71. The van der Waals surface area contributed by atoms with Crippen LogP contribution in [0.1, 0.15) is 29.7 Å². The molecule has 1 saturated heterocycles. The molecule has 3 aromatic carbocycles. The van der Waals surface area contributed by atoms with Gasteiger partial charge in [-0.1, -0.05) is 91.0 Å². The molecule has 0 aliphatic carbocycles. The van der Waals surface area contributed by atoms with Crippen molar-refractivity contribution >= 4 is 11.9 Å². The van der Waals surface area contributed by atoms with Crippen molar-refractivity contribution in [2.45, 2.75) is 32.1 Å². The molecule has 0 radical (unpaired) electrons. The summed E-state index contributed by atoms with van der Waals surface area (Å²) in [7, 11) is 1.77. The molecule has 0 N–H and O–H groups in total. The van der Waals surface area contributed by atoms with E-state index in [4.69, 9.17) is 0 Å². The molecule has 2 atom stereocenters. The largest absolute Gasteiger partial charge is 0.327 e. The Morgan fingerprint density at radius 3 is 1.78 bits per heavy atom. The molecular weight excluding hydrogens is 398 g/mol. The van der Waals surface area contributed by atoms with Crippen molar-refractivity contribution in [3.63, 3.8) is 0 Å². The van der Waals surface area contributed by atoms with E-state index >= 15 is 0 Å². The van der Waals surface area contributed by atoms with Gasteiger partial charge in [-0.3, -0.25) is 14.6 Å². The Hall–Kier alpha value is -3.44. The van der Waals surface area contributed by atoms with Crippen LogP contribution in [0.15, 0.2) is 91.0 Å². The van der Waals surface area contributed by atoms with Crippen LogP contribution in [0.2, 0.25) is 0 Å². The van der Waals surface area contributed by atoms with Gasteiger partial charge in [-0.15, -0.1) is 0 Å². The smallest absolute Gasteiger partial charge is 0.322 e. The summed E-state index contributed by atoms with van der Waals surface area (Å²) in [6.45, 7) is 3.42. The first kappa shape index (κ1) is 21.8. The Balaban J connectivity index is 1.58. The lowest BCUT2D eigenvalue weighted by Crippen LogP contribution is -2.42. The fourth-order valence-corrected chi connectivity index (χ4v) is 4.35. The average Bonchev–Trinajstić information content (AvgIpc) is 3.05. The predicted molar refractivity (Wildman–Crippen MR) is 126 cm³/mol. The summed E-state index contributed by atoms with van der Waals surface area (Å²) >= 11 is 0. The maximum Gasteiger partial charge on any atom is 0.327 e. The summed E-state index contributed by atoms with van der Waals surface area (Å²) in [6.07, 6.45) is 0. The lowest BCUT2D eigenvalue weighted by Gasteiger charge is -2.28. The van der Waals surface area contributed by atoms with Gasteiger partial charge >= 0.3 is 6.03 Å². The number of rotatable bonds is 7. The molecule has 5 heteroatoms. The zero-order valence-electron chi connectivity index (χ0n) is 18.6. The Bertz CT molecular complexity index is 999. The van der Waals surface area contributed by atoms with Gasteiger partial charge in [0.2, 0.25) is 5.91 Å². The summed E-state index contributed by atoms with van der Waals surface area (Å²) in [5.41, 5.74) is 3.24. The Labute approximate surface area is 189 Å². The van der Waals surface area contributed by atoms with Crippen molar-refractivity contribution in [3.8, 4) is 0 Å². The zero-order valence-corrected chi connectivity index (χ0v) is 18.6. The Morgan fingerprint density at radius 1 is 0.812 bits per heavy atom. The minimum absolute atomic E-state index is 0.0921. The second kappa shape index (κ2) is 9.79. The van der Waals surface area contributed by atoms with Gasteiger partial charge in [-0.2, -0.15) is 0 Å². The SMILES string of the molecule is C[C@H]1[C@@H](c2ccccc2)N(C(=O)CN(Cc2ccccc2)Cc2ccccc2)C(=O)N1C. The second-order valence-corrected chi connectivity index (χ2v) is 8.37. The number of likely N-dealkylation sites (N-methyl/N-ethyl adjacent to an activating group) is 1. The molecule has 4 rings (SSSR count). The number of imide groups is 1. The molecule has 3 amide bonds. The number of amides is 3. The third kappa shape index (κ3) is 4.73. The van der Waals surface area contributed by atoms with Crippen LogP contribution in [-0.4, -0.2) is 46.3 Å². The summed E-state index contributed by atoms with van der Waals surface area (Å²) in [5, 5.41) is 0. The maximum atomic E-state index is 13.6. The summed E-state index contributed by atoms with van der Waals surface area (Å²) < 4.78 is 0. The second-order valence-electron chi connectivity index (χ2n) is 8.37. The number of benzene rings is 3. The van der Waals surface area contributed by atoms with Crippen LogP contribution in [0.5, 0.6) is 0 Å². The van der Waals surface area contributed by atoms with Crippen LogP contribution in [0.4, 0.5) is 4.79 Å². The number of hydrogen-bond donors (Lipinski definition) is 0. The van der Waals surface area contributed by atoms with Crippen LogP contribution in [0, 0.1) is 0 Å². The molecule has 164 valence electrons. The molecule has 1 heterocycles. The number of urea groups is 1. The first-order valence-electron chi connectivity index (χ1n) is 11.0. The molecule has 0 unspecified atom stereocenters. The van der Waals surface area contributed by atoms with Crippen molar-refractivity contribution < 1.29 is 9.59 Å². The van der Waals surface area contributed by atoms with Gasteiger partial charge in [0.1, 0.15) is 0 Å². The molecule has 0 spiro atoms. The molecular formula is C27H29N3O2. The Morgan fingerprint density at radius 2 is 1.28 bits per heavy atom. The summed E-state index contributed by atoms with van der Waals surface area (Å²) in [5.74, 6) is -0.174. The first-order valence-corrected chi connectivity index (χ1v) is 11.0. The van der Waals surface area contributed by atoms with Crippen LogP contribution in [0.3, 0.4) is 0 Å². The fraction of sp³-hybridized carbons (Fsp3) is 0.259. The van der Waals surface area contributed by atoms with Crippen molar-refractivity contribution in [1.29, 1.82) is 0 Å². The molecule has 3 aromatic rings. The quantitative estimate of drug-likeness (QED) is 0.548. The molecule has 5 nitrogen and oxygen atoms in total. The van der Waals surface area contributed by atoms with Crippen molar-refractivity contribution in [3.05, 3.63) is 108 Å². The van der Waals surface area contributed by atoms with Gasteiger partial charge in [0.25, 0.3) is 0 Å². The monoisotopic (exact) mass is 427 g/mol. The third-order valence-electron chi connectivity index (χ3n) is 6.12. The van der Waals surface area contributed by atoms with E-state index in [1.54, 1.807) is 11.9 Å². The van der Waals surface area contributed by atoms with Gasteiger partial charge in [-0.05, 0) is 23.6 Å². The van der Waals surface area contributed by atoms with E-state index in [2.05, 4.69) is 29.2 Å². The highest BCUT2D eigenvalue weighted by atomic mass is 16.2. The van der Waals surface area contributed by atoms with Gasteiger partial charge in [0.05, 0.1) is 18.6 Å². The van der Waals surface area contributed by atoms with Gasteiger partial charge in [-0.25, -0.2) is 4.79 Å². The van der Waals surface area contributed by atoms with Crippen molar-refractivity contribution in [1.82, 2.24) is 14.7 Å². The van der Waals surface area contributed by atoms with Gasteiger partial charge in [0.15, 0.2) is 0 Å².